The fraction of sp³-hybridized carbons (Fsp3) is 0.765. The molecule has 1 aliphatic carbocycles. The van der Waals surface area contributed by atoms with Gasteiger partial charge in [0.1, 0.15) is 0 Å². The molecule has 1 N–H and O–H groups in total. The van der Waals surface area contributed by atoms with Gasteiger partial charge in [0.25, 0.3) is 0 Å². The van der Waals surface area contributed by atoms with Crippen molar-refractivity contribution in [2.45, 2.75) is 44.7 Å². The van der Waals surface area contributed by atoms with Gasteiger partial charge >= 0.3 is 0 Å². The van der Waals surface area contributed by atoms with Crippen LogP contribution in [0.3, 0.4) is 0 Å². The van der Waals surface area contributed by atoms with Crippen molar-refractivity contribution in [3.8, 4) is 0 Å². The molecule has 2 heterocycles. The Kier molecular flexibility index (Phi) is 4.99. The van der Waals surface area contributed by atoms with Crippen molar-refractivity contribution in [1.29, 1.82) is 0 Å². The summed E-state index contributed by atoms with van der Waals surface area (Å²) in [6.07, 6.45) is 5.20. The highest BCUT2D eigenvalue weighted by molar-refractivity contribution is 7.12. The fourth-order valence-corrected chi connectivity index (χ4v) is 5.00. The predicted molar refractivity (Wildman–Crippen MR) is 91.3 cm³/mol. The van der Waals surface area contributed by atoms with Crippen molar-refractivity contribution < 1.29 is 0 Å². The van der Waals surface area contributed by atoms with E-state index in [9.17, 15) is 0 Å². The molecule has 0 amide bonds. The molecule has 1 aliphatic heterocycles. The zero-order valence-corrected chi connectivity index (χ0v) is 14.5. The number of nitrogens with one attached hydrogen (secondary N) is 1. The van der Waals surface area contributed by atoms with Crippen molar-refractivity contribution in [3.63, 3.8) is 0 Å². The normalized spacial score (nSPS) is 25.8. The first-order chi connectivity index (χ1) is 10.2. The van der Waals surface area contributed by atoms with Crippen LogP contribution in [0.5, 0.6) is 0 Å². The standard InChI is InChI=1S/C17H29N3S/c1-13(18-2)11-14-12-15-16(5-4-6-17(15)21-14)20-9-7-19(3)8-10-20/h12-13,16,18H,4-11H2,1-3H3. The number of hydrogen-bond donors (Lipinski definition) is 1. The first-order valence-electron chi connectivity index (χ1n) is 8.38. The average Bonchev–Trinajstić information content (AvgIpc) is 2.90. The Morgan fingerprint density at radius 3 is 2.81 bits per heavy atom. The monoisotopic (exact) mass is 307 g/mol. The second-order valence-electron chi connectivity index (χ2n) is 6.73. The number of thiophene rings is 1. The highest BCUT2D eigenvalue weighted by Crippen LogP contribution is 2.39. The van der Waals surface area contributed by atoms with Gasteiger partial charge in [0.05, 0.1) is 0 Å². The molecule has 1 aromatic heterocycles. The molecule has 1 aromatic rings. The SMILES string of the molecule is CNC(C)Cc1cc2c(s1)CCCC2N1CCN(C)CC1. The Hall–Kier alpha value is -0.420. The van der Waals surface area contributed by atoms with Crippen LogP contribution >= 0.6 is 11.3 Å². The van der Waals surface area contributed by atoms with Gasteiger partial charge < -0.3 is 10.2 Å². The van der Waals surface area contributed by atoms with E-state index in [0.29, 0.717) is 12.1 Å². The highest BCUT2D eigenvalue weighted by atomic mass is 32.1. The minimum absolute atomic E-state index is 0.576. The zero-order valence-electron chi connectivity index (χ0n) is 13.7. The minimum atomic E-state index is 0.576. The molecule has 3 nitrogen and oxygen atoms in total. The fourth-order valence-electron chi connectivity index (χ4n) is 3.61. The lowest BCUT2D eigenvalue weighted by molar-refractivity contribution is 0.103. The summed E-state index contributed by atoms with van der Waals surface area (Å²) in [6.45, 7) is 7.19. The lowest BCUT2D eigenvalue weighted by Crippen LogP contribution is -2.46. The molecular formula is C17H29N3S. The Balaban J connectivity index is 1.74. The molecule has 118 valence electrons. The maximum absolute atomic E-state index is 3.36. The van der Waals surface area contributed by atoms with Gasteiger partial charge in [-0.3, -0.25) is 4.90 Å². The summed E-state index contributed by atoms with van der Waals surface area (Å²) >= 11 is 2.07. The third-order valence-electron chi connectivity index (χ3n) is 5.11. The van der Waals surface area contributed by atoms with E-state index in [4.69, 9.17) is 0 Å². The first-order valence-corrected chi connectivity index (χ1v) is 9.20. The van der Waals surface area contributed by atoms with Crippen molar-refractivity contribution in [3.05, 3.63) is 21.4 Å². The smallest absolute Gasteiger partial charge is 0.0360 e. The molecule has 0 aromatic carbocycles. The van der Waals surface area contributed by atoms with E-state index in [1.807, 2.05) is 0 Å². The van der Waals surface area contributed by atoms with Crippen molar-refractivity contribution >= 4 is 11.3 Å². The van der Waals surface area contributed by atoms with Crippen LogP contribution in [0, 0.1) is 0 Å². The molecule has 3 rings (SSSR count). The number of rotatable bonds is 4. The molecular weight excluding hydrogens is 278 g/mol. The average molecular weight is 308 g/mol. The van der Waals surface area contributed by atoms with Crippen LogP contribution < -0.4 is 5.32 Å². The summed E-state index contributed by atoms with van der Waals surface area (Å²) in [7, 11) is 4.30. The minimum Gasteiger partial charge on any atom is -0.317 e. The third kappa shape index (κ3) is 3.50. The number of likely N-dealkylation sites (N-methyl/N-ethyl adjacent to an activating group) is 2. The molecule has 2 atom stereocenters. The van der Waals surface area contributed by atoms with Gasteiger partial charge in [-0.15, -0.1) is 11.3 Å². The maximum Gasteiger partial charge on any atom is 0.0360 e. The number of aryl methyl sites for hydroxylation is 1. The number of piperazine rings is 1. The first kappa shape index (κ1) is 15.5. The van der Waals surface area contributed by atoms with Crippen LogP contribution in [0.15, 0.2) is 6.07 Å². The van der Waals surface area contributed by atoms with Crippen LogP contribution in [0.1, 0.15) is 41.1 Å². The van der Waals surface area contributed by atoms with Crippen molar-refractivity contribution in [1.82, 2.24) is 15.1 Å². The van der Waals surface area contributed by atoms with E-state index in [2.05, 4.69) is 53.5 Å². The van der Waals surface area contributed by atoms with Gasteiger partial charge in [-0.25, -0.2) is 0 Å². The molecule has 21 heavy (non-hydrogen) atoms. The van der Waals surface area contributed by atoms with Crippen LogP contribution in [0.25, 0.3) is 0 Å². The Morgan fingerprint density at radius 1 is 1.33 bits per heavy atom. The molecule has 0 saturated carbocycles. The van der Waals surface area contributed by atoms with Gasteiger partial charge in [0.15, 0.2) is 0 Å². The van der Waals surface area contributed by atoms with Gasteiger partial charge in [0.2, 0.25) is 0 Å². The summed E-state index contributed by atoms with van der Waals surface area (Å²) < 4.78 is 0. The van der Waals surface area contributed by atoms with Crippen molar-refractivity contribution in [2.75, 3.05) is 40.3 Å². The van der Waals surface area contributed by atoms with Gasteiger partial charge in [-0.1, -0.05) is 0 Å². The van der Waals surface area contributed by atoms with Gasteiger partial charge in [-0.05, 0) is 58.3 Å². The summed E-state index contributed by atoms with van der Waals surface area (Å²) in [5.41, 5.74) is 1.66. The van der Waals surface area contributed by atoms with E-state index in [0.717, 1.165) is 0 Å². The lowest BCUT2D eigenvalue weighted by Gasteiger charge is -2.39. The van der Waals surface area contributed by atoms with E-state index >= 15 is 0 Å². The number of fused-ring (bicyclic) bond motifs is 1. The van der Waals surface area contributed by atoms with Crippen LogP contribution in [-0.4, -0.2) is 56.1 Å². The van der Waals surface area contributed by atoms with Gasteiger partial charge in [-0.2, -0.15) is 0 Å². The summed E-state index contributed by atoms with van der Waals surface area (Å²) in [5.74, 6) is 0. The van der Waals surface area contributed by atoms with E-state index in [1.54, 1.807) is 15.3 Å². The summed E-state index contributed by atoms with van der Waals surface area (Å²) in [5, 5.41) is 3.36. The molecule has 0 spiro atoms. The summed E-state index contributed by atoms with van der Waals surface area (Å²) in [6, 6.07) is 3.79. The molecule has 2 unspecified atom stereocenters. The van der Waals surface area contributed by atoms with Crippen LogP contribution in [0.2, 0.25) is 0 Å². The van der Waals surface area contributed by atoms with E-state index in [1.165, 1.54) is 51.9 Å². The Labute approximate surface area is 133 Å². The van der Waals surface area contributed by atoms with E-state index < -0.39 is 0 Å². The summed E-state index contributed by atoms with van der Waals surface area (Å²) in [4.78, 5) is 8.43. The largest absolute Gasteiger partial charge is 0.317 e. The maximum atomic E-state index is 3.36. The predicted octanol–water partition coefficient (Wildman–Crippen LogP) is 2.52. The Bertz CT molecular complexity index is 463. The lowest BCUT2D eigenvalue weighted by atomic mass is 9.91. The molecule has 0 radical (unpaired) electrons. The second kappa shape index (κ2) is 6.78. The molecule has 1 fully saturated rings. The second-order valence-corrected chi connectivity index (χ2v) is 7.95. The van der Waals surface area contributed by atoms with Crippen LogP contribution in [0.4, 0.5) is 0 Å². The van der Waals surface area contributed by atoms with E-state index in [-0.39, 0.29) is 0 Å². The van der Waals surface area contributed by atoms with Gasteiger partial charge in [0, 0.05) is 48.0 Å². The zero-order chi connectivity index (χ0) is 14.8. The topological polar surface area (TPSA) is 18.5 Å². The molecule has 1 saturated heterocycles. The van der Waals surface area contributed by atoms with Crippen LogP contribution in [-0.2, 0) is 12.8 Å². The molecule has 4 heteroatoms. The number of nitrogens with zero attached hydrogens (tertiary/aromatic N) is 2. The highest BCUT2D eigenvalue weighted by Gasteiger charge is 2.29. The number of hydrogen-bond acceptors (Lipinski definition) is 4. The quantitative estimate of drug-likeness (QED) is 0.922. The molecule has 0 bridgehead atoms. The van der Waals surface area contributed by atoms with Crippen molar-refractivity contribution in [2.24, 2.45) is 0 Å². The Morgan fingerprint density at radius 2 is 2.10 bits per heavy atom. The molecule has 2 aliphatic rings. The third-order valence-corrected chi connectivity index (χ3v) is 6.34.